The molecule has 0 atom stereocenters. The van der Waals surface area contributed by atoms with Gasteiger partial charge in [0.05, 0.1) is 5.21 Å². The van der Waals surface area contributed by atoms with Crippen LogP contribution >= 0.6 is 23.4 Å². The summed E-state index contributed by atoms with van der Waals surface area (Å²) in [6.07, 6.45) is 2.97. The van der Waals surface area contributed by atoms with E-state index in [4.69, 9.17) is 11.6 Å². The Morgan fingerprint density at radius 3 is 2.86 bits per heavy atom. The zero-order chi connectivity index (χ0) is 5.54. The average molecular weight is 137 g/mol. The Labute approximate surface area is 53.9 Å². The van der Waals surface area contributed by atoms with Crippen molar-refractivity contribution in [2.45, 2.75) is 6.42 Å². The van der Waals surface area contributed by atoms with Gasteiger partial charge < -0.3 is 0 Å². The maximum Gasteiger partial charge on any atom is 0.0680 e. The van der Waals surface area contributed by atoms with Crippen molar-refractivity contribution < 1.29 is 0 Å². The van der Waals surface area contributed by atoms with Gasteiger partial charge >= 0.3 is 0 Å². The third-order valence-corrected chi connectivity index (χ3v) is 1.69. The van der Waals surface area contributed by atoms with E-state index in [1.54, 1.807) is 11.8 Å². The predicted octanol–water partition coefficient (Wildman–Crippen LogP) is 2.49. The molecule has 0 amide bonds. The fraction of sp³-hybridized carbons (Fsp3) is 0.600. The molecule has 0 aliphatic rings. The lowest BCUT2D eigenvalue weighted by Gasteiger charge is -1.87. The molecular formula is C5H9ClS. The van der Waals surface area contributed by atoms with Crippen LogP contribution < -0.4 is 0 Å². The van der Waals surface area contributed by atoms with E-state index in [0.29, 0.717) is 5.21 Å². The zero-order valence-electron chi connectivity index (χ0n) is 4.19. The number of hydrogen-bond donors (Lipinski definition) is 0. The second-order valence-corrected chi connectivity index (χ2v) is 2.78. The SMILES string of the molecule is C=CCCSCCl. The molecule has 0 saturated heterocycles. The molecule has 0 unspecified atom stereocenters. The van der Waals surface area contributed by atoms with Crippen LogP contribution in [0.1, 0.15) is 6.42 Å². The van der Waals surface area contributed by atoms with Gasteiger partial charge in [-0.15, -0.1) is 29.9 Å². The molecule has 0 bridgehead atoms. The summed E-state index contributed by atoms with van der Waals surface area (Å²) in [7, 11) is 0. The van der Waals surface area contributed by atoms with E-state index in [1.165, 1.54) is 0 Å². The van der Waals surface area contributed by atoms with Crippen molar-refractivity contribution in [1.29, 1.82) is 0 Å². The molecule has 0 rings (SSSR count). The van der Waals surface area contributed by atoms with Crippen molar-refractivity contribution in [3.8, 4) is 0 Å². The van der Waals surface area contributed by atoms with Crippen LogP contribution in [0.25, 0.3) is 0 Å². The van der Waals surface area contributed by atoms with Gasteiger partial charge in [0.1, 0.15) is 0 Å². The molecule has 0 aromatic heterocycles. The lowest BCUT2D eigenvalue weighted by molar-refractivity contribution is 1.25. The second-order valence-electron chi connectivity index (χ2n) is 1.09. The highest BCUT2D eigenvalue weighted by Gasteiger charge is 1.78. The molecule has 0 aromatic rings. The summed E-state index contributed by atoms with van der Waals surface area (Å²) < 4.78 is 0. The minimum absolute atomic E-state index is 0.702. The normalized spacial score (nSPS) is 8.71. The highest BCUT2D eigenvalue weighted by Crippen LogP contribution is 2.03. The van der Waals surface area contributed by atoms with Crippen LogP contribution in [0.5, 0.6) is 0 Å². The van der Waals surface area contributed by atoms with E-state index in [-0.39, 0.29) is 0 Å². The first kappa shape index (κ1) is 7.38. The van der Waals surface area contributed by atoms with Gasteiger partial charge in [-0.1, -0.05) is 6.08 Å². The van der Waals surface area contributed by atoms with Gasteiger partial charge in [-0.3, -0.25) is 0 Å². The van der Waals surface area contributed by atoms with Crippen molar-refractivity contribution in [3.05, 3.63) is 12.7 Å². The summed E-state index contributed by atoms with van der Waals surface area (Å²) >= 11 is 7.09. The Bertz CT molecular complexity index is 45.3. The first-order valence-corrected chi connectivity index (χ1v) is 3.85. The molecule has 2 heteroatoms. The maximum atomic E-state index is 5.37. The number of alkyl halides is 1. The molecule has 0 radical (unpaired) electrons. The molecular weight excluding hydrogens is 128 g/mol. The standard InChI is InChI=1S/C5H9ClS/c1-2-3-4-7-5-6/h2H,1,3-5H2. The molecule has 0 fully saturated rings. The smallest absolute Gasteiger partial charge is 0.0680 e. The van der Waals surface area contributed by atoms with Crippen molar-refractivity contribution in [1.82, 2.24) is 0 Å². The van der Waals surface area contributed by atoms with E-state index < -0.39 is 0 Å². The molecule has 0 N–H and O–H groups in total. The van der Waals surface area contributed by atoms with Gasteiger partial charge in [0.25, 0.3) is 0 Å². The third kappa shape index (κ3) is 6.38. The molecule has 0 spiro atoms. The second kappa shape index (κ2) is 6.38. The van der Waals surface area contributed by atoms with E-state index in [0.717, 1.165) is 12.2 Å². The fourth-order valence-corrected chi connectivity index (χ4v) is 0.991. The lowest BCUT2D eigenvalue weighted by Crippen LogP contribution is -1.71. The molecule has 0 nitrogen and oxygen atoms in total. The third-order valence-electron chi connectivity index (χ3n) is 0.543. The van der Waals surface area contributed by atoms with Crippen LogP contribution in [-0.2, 0) is 0 Å². The van der Waals surface area contributed by atoms with Gasteiger partial charge in [-0.2, -0.15) is 0 Å². The van der Waals surface area contributed by atoms with Crippen molar-refractivity contribution in [3.63, 3.8) is 0 Å². The zero-order valence-corrected chi connectivity index (χ0v) is 5.76. The minimum Gasteiger partial charge on any atom is -0.145 e. The molecule has 0 saturated carbocycles. The predicted molar refractivity (Wildman–Crippen MR) is 38.0 cm³/mol. The molecule has 0 aromatic carbocycles. The van der Waals surface area contributed by atoms with Crippen LogP contribution in [0.4, 0.5) is 0 Å². The Morgan fingerprint density at radius 2 is 2.43 bits per heavy atom. The van der Waals surface area contributed by atoms with Crippen molar-refractivity contribution in [2.24, 2.45) is 0 Å². The van der Waals surface area contributed by atoms with Gasteiger partial charge in [-0.25, -0.2) is 0 Å². The largest absolute Gasteiger partial charge is 0.145 e. The summed E-state index contributed by atoms with van der Waals surface area (Å²) in [5.74, 6) is 1.10. The average Bonchev–Trinajstić information content (AvgIpc) is 1.69. The maximum absolute atomic E-state index is 5.37. The molecule has 42 valence electrons. The van der Waals surface area contributed by atoms with E-state index in [1.807, 2.05) is 6.08 Å². The Morgan fingerprint density at radius 1 is 1.71 bits per heavy atom. The summed E-state index contributed by atoms with van der Waals surface area (Å²) in [5, 5.41) is 0.702. The highest BCUT2D eigenvalue weighted by molar-refractivity contribution is 8.00. The highest BCUT2D eigenvalue weighted by atomic mass is 35.5. The van der Waals surface area contributed by atoms with Gasteiger partial charge in [-0.05, 0) is 12.2 Å². The van der Waals surface area contributed by atoms with Crippen LogP contribution in [0.2, 0.25) is 0 Å². The lowest BCUT2D eigenvalue weighted by atomic mass is 10.5. The molecule has 7 heavy (non-hydrogen) atoms. The first-order chi connectivity index (χ1) is 3.41. The van der Waals surface area contributed by atoms with Crippen molar-refractivity contribution >= 4 is 23.4 Å². The Kier molecular flexibility index (Phi) is 6.73. The van der Waals surface area contributed by atoms with Crippen LogP contribution in [-0.4, -0.2) is 11.0 Å². The number of rotatable bonds is 4. The summed E-state index contributed by atoms with van der Waals surface area (Å²) in [5.41, 5.74) is 0. The Hall–Kier alpha value is 0.380. The molecule has 0 heterocycles. The molecule has 0 aliphatic heterocycles. The number of halogens is 1. The quantitative estimate of drug-likeness (QED) is 0.325. The van der Waals surface area contributed by atoms with Crippen molar-refractivity contribution in [2.75, 3.05) is 11.0 Å². The number of thioether (sulfide) groups is 1. The van der Waals surface area contributed by atoms with Gasteiger partial charge in [0.2, 0.25) is 0 Å². The van der Waals surface area contributed by atoms with E-state index in [9.17, 15) is 0 Å². The van der Waals surface area contributed by atoms with Gasteiger partial charge in [0, 0.05) is 0 Å². The van der Waals surface area contributed by atoms with Crippen LogP contribution in [0.15, 0.2) is 12.7 Å². The Balaban J connectivity index is 2.56. The van der Waals surface area contributed by atoms with Crippen LogP contribution in [0, 0.1) is 0 Å². The first-order valence-electron chi connectivity index (χ1n) is 2.16. The summed E-state index contributed by atoms with van der Waals surface area (Å²) in [4.78, 5) is 0. The monoisotopic (exact) mass is 136 g/mol. The summed E-state index contributed by atoms with van der Waals surface area (Å²) in [6.45, 7) is 3.58. The van der Waals surface area contributed by atoms with Gasteiger partial charge in [0.15, 0.2) is 0 Å². The topological polar surface area (TPSA) is 0 Å². The number of hydrogen-bond acceptors (Lipinski definition) is 1. The molecule has 0 aliphatic carbocycles. The fourth-order valence-electron chi connectivity index (χ4n) is 0.221. The minimum atomic E-state index is 0.702. The van der Waals surface area contributed by atoms with E-state index in [2.05, 4.69) is 6.58 Å². The summed E-state index contributed by atoms with van der Waals surface area (Å²) in [6, 6.07) is 0. The van der Waals surface area contributed by atoms with Crippen LogP contribution in [0.3, 0.4) is 0 Å². The number of allylic oxidation sites excluding steroid dienone is 1. The van der Waals surface area contributed by atoms with E-state index >= 15 is 0 Å².